The number of nitrogens with one attached hydrogen (secondary N) is 2. The van der Waals surface area contributed by atoms with Crippen LogP contribution in [0.3, 0.4) is 0 Å². The molecule has 2 rings (SSSR count). The van der Waals surface area contributed by atoms with E-state index < -0.39 is 18.4 Å². The van der Waals surface area contributed by atoms with E-state index in [1.54, 1.807) is 0 Å². The van der Waals surface area contributed by atoms with Gasteiger partial charge in [0.1, 0.15) is 5.75 Å². The van der Waals surface area contributed by atoms with Crippen molar-refractivity contribution in [3.05, 3.63) is 23.5 Å². The second-order valence-corrected chi connectivity index (χ2v) is 6.03. The molecule has 1 heterocycles. The molecular formula is C17H22F4N2O3. The third kappa shape index (κ3) is 6.05. The highest BCUT2D eigenvalue weighted by molar-refractivity contribution is 5.82. The zero-order chi connectivity index (χ0) is 19.2. The lowest BCUT2D eigenvalue weighted by molar-refractivity contribution is -0.136. The van der Waals surface area contributed by atoms with Crippen LogP contribution in [0, 0.1) is 5.82 Å². The number of amides is 1. The third-order valence-corrected chi connectivity index (χ3v) is 4.03. The average Bonchev–Trinajstić information content (AvgIpc) is 3.11. The van der Waals surface area contributed by atoms with Crippen molar-refractivity contribution in [2.24, 2.45) is 0 Å². The Kier molecular flexibility index (Phi) is 7.07. The van der Waals surface area contributed by atoms with Crippen LogP contribution >= 0.6 is 0 Å². The van der Waals surface area contributed by atoms with Gasteiger partial charge in [0.05, 0.1) is 19.8 Å². The zero-order valence-corrected chi connectivity index (χ0v) is 14.4. The fourth-order valence-electron chi connectivity index (χ4n) is 2.68. The first-order valence-electron chi connectivity index (χ1n) is 8.37. The molecule has 0 aliphatic carbocycles. The Bertz CT molecular complexity index is 617. The van der Waals surface area contributed by atoms with Crippen molar-refractivity contribution in [1.29, 1.82) is 0 Å². The molecule has 1 aromatic carbocycles. The predicted molar refractivity (Wildman–Crippen MR) is 86.6 cm³/mol. The van der Waals surface area contributed by atoms with Crippen LogP contribution in [0.1, 0.15) is 31.2 Å². The van der Waals surface area contributed by atoms with Crippen LogP contribution in [0.25, 0.3) is 0 Å². The van der Waals surface area contributed by atoms with Crippen LogP contribution in [-0.4, -0.2) is 38.4 Å². The minimum absolute atomic E-state index is 0.0749. The van der Waals surface area contributed by atoms with Gasteiger partial charge in [0, 0.05) is 24.6 Å². The normalized spacial score (nSPS) is 17.2. The number of rotatable bonds is 8. The number of hydrogen-bond donors (Lipinski definition) is 2. The molecule has 26 heavy (non-hydrogen) atoms. The minimum Gasteiger partial charge on any atom is -0.496 e. The standard InChI is InChI=1S/C17H22F4N2O3/c1-25-14-9-15(26-7-3-5-17(19,20)21)12(18)8-11(14)10-23-16(24)13-4-2-6-22-13/h8-9,13,22H,2-7,10H2,1H3,(H,23,24)/t13-/m0/s1. The largest absolute Gasteiger partial charge is 0.496 e. The fourth-order valence-corrected chi connectivity index (χ4v) is 2.68. The van der Waals surface area contributed by atoms with Crippen LogP contribution in [0.2, 0.25) is 0 Å². The topological polar surface area (TPSA) is 59.6 Å². The van der Waals surface area contributed by atoms with E-state index in [1.807, 2.05) is 0 Å². The first-order chi connectivity index (χ1) is 12.3. The van der Waals surface area contributed by atoms with Gasteiger partial charge in [0.25, 0.3) is 0 Å². The first-order valence-corrected chi connectivity index (χ1v) is 8.37. The van der Waals surface area contributed by atoms with Gasteiger partial charge in [-0.3, -0.25) is 4.79 Å². The highest BCUT2D eigenvalue weighted by atomic mass is 19.4. The van der Waals surface area contributed by atoms with E-state index >= 15 is 0 Å². The van der Waals surface area contributed by atoms with Gasteiger partial charge in [0.2, 0.25) is 5.91 Å². The number of ether oxygens (including phenoxy) is 2. The quantitative estimate of drug-likeness (QED) is 0.540. The number of alkyl halides is 3. The molecule has 1 fully saturated rings. The van der Waals surface area contributed by atoms with E-state index in [-0.39, 0.29) is 43.0 Å². The van der Waals surface area contributed by atoms with Crippen LogP contribution < -0.4 is 20.1 Å². The molecule has 0 saturated carbocycles. The van der Waals surface area contributed by atoms with Crippen molar-refractivity contribution in [2.75, 3.05) is 20.3 Å². The Morgan fingerprint density at radius 1 is 1.35 bits per heavy atom. The van der Waals surface area contributed by atoms with Gasteiger partial charge in [-0.2, -0.15) is 13.2 Å². The Morgan fingerprint density at radius 2 is 2.12 bits per heavy atom. The third-order valence-electron chi connectivity index (χ3n) is 4.03. The van der Waals surface area contributed by atoms with E-state index in [2.05, 4.69) is 10.6 Å². The molecular weight excluding hydrogens is 356 g/mol. The maximum Gasteiger partial charge on any atom is 0.389 e. The minimum atomic E-state index is -4.27. The molecule has 1 atom stereocenters. The van der Waals surface area contributed by atoms with Gasteiger partial charge >= 0.3 is 6.18 Å². The summed E-state index contributed by atoms with van der Waals surface area (Å²) in [7, 11) is 1.38. The molecule has 1 amide bonds. The second-order valence-electron chi connectivity index (χ2n) is 6.03. The van der Waals surface area contributed by atoms with Crippen molar-refractivity contribution in [1.82, 2.24) is 10.6 Å². The maximum atomic E-state index is 14.1. The molecule has 5 nitrogen and oxygen atoms in total. The van der Waals surface area contributed by atoms with Crippen molar-refractivity contribution in [2.45, 2.75) is 44.4 Å². The Labute approximate surface area is 149 Å². The maximum absolute atomic E-state index is 14.1. The molecule has 0 spiro atoms. The molecule has 0 radical (unpaired) electrons. The van der Waals surface area contributed by atoms with Gasteiger partial charge in [-0.15, -0.1) is 0 Å². The molecule has 0 bridgehead atoms. The number of methoxy groups -OCH3 is 1. The summed E-state index contributed by atoms with van der Waals surface area (Å²) >= 11 is 0. The summed E-state index contributed by atoms with van der Waals surface area (Å²) in [5.41, 5.74) is 0.416. The smallest absolute Gasteiger partial charge is 0.389 e. The summed E-state index contributed by atoms with van der Waals surface area (Å²) in [6, 6.07) is 2.18. The number of carbonyl (C=O) groups excluding carboxylic acids is 1. The molecule has 9 heteroatoms. The average molecular weight is 378 g/mol. The number of halogens is 4. The summed E-state index contributed by atoms with van der Waals surface area (Å²) in [6.07, 6.45) is -3.85. The summed E-state index contributed by atoms with van der Waals surface area (Å²) < 4.78 is 60.7. The molecule has 1 aliphatic heterocycles. The van der Waals surface area contributed by atoms with E-state index in [9.17, 15) is 22.4 Å². The lowest BCUT2D eigenvalue weighted by atomic mass is 10.1. The number of hydrogen-bond acceptors (Lipinski definition) is 4. The second kappa shape index (κ2) is 9.07. The van der Waals surface area contributed by atoms with Crippen LogP contribution in [0.4, 0.5) is 17.6 Å². The Balaban J connectivity index is 1.93. The Morgan fingerprint density at radius 3 is 2.73 bits per heavy atom. The van der Waals surface area contributed by atoms with Gasteiger partial charge in [0.15, 0.2) is 11.6 Å². The molecule has 0 aromatic heterocycles. The fraction of sp³-hybridized carbons (Fsp3) is 0.588. The van der Waals surface area contributed by atoms with E-state index in [0.717, 1.165) is 25.5 Å². The van der Waals surface area contributed by atoms with Crippen molar-refractivity contribution >= 4 is 5.91 Å². The predicted octanol–water partition coefficient (Wildman–Crippen LogP) is 2.92. The Hall–Kier alpha value is -2.03. The van der Waals surface area contributed by atoms with E-state index in [4.69, 9.17) is 9.47 Å². The molecule has 1 aromatic rings. The molecule has 0 unspecified atom stereocenters. The zero-order valence-electron chi connectivity index (χ0n) is 14.4. The highest BCUT2D eigenvalue weighted by Gasteiger charge is 2.26. The van der Waals surface area contributed by atoms with Gasteiger partial charge in [-0.25, -0.2) is 4.39 Å². The highest BCUT2D eigenvalue weighted by Crippen LogP contribution is 2.29. The lowest BCUT2D eigenvalue weighted by Crippen LogP contribution is -2.40. The van der Waals surface area contributed by atoms with Crippen LogP contribution in [0.15, 0.2) is 12.1 Å². The van der Waals surface area contributed by atoms with Crippen LogP contribution in [0.5, 0.6) is 11.5 Å². The van der Waals surface area contributed by atoms with Gasteiger partial charge in [-0.1, -0.05) is 0 Å². The van der Waals surface area contributed by atoms with E-state index in [0.29, 0.717) is 5.56 Å². The molecule has 1 saturated heterocycles. The van der Waals surface area contributed by atoms with Crippen molar-refractivity contribution in [3.63, 3.8) is 0 Å². The van der Waals surface area contributed by atoms with E-state index in [1.165, 1.54) is 13.2 Å². The van der Waals surface area contributed by atoms with Crippen molar-refractivity contribution < 1.29 is 31.8 Å². The summed E-state index contributed by atoms with van der Waals surface area (Å²) in [5.74, 6) is -0.785. The number of carbonyl (C=O) groups is 1. The summed E-state index contributed by atoms with van der Waals surface area (Å²) in [5, 5.41) is 5.78. The van der Waals surface area contributed by atoms with Crippen molar-refractivity contribution in [3.8, 4) is 11.5 Å². The SMILES string of the molecule is COc1cc(OCCCC(F)(F)F)c(F)cc1CNC(=O)[C@@H]1CCCN1. The summed E-state index contributed by atoms with van der Waals surface area (Å²) in [4.78, 5) is 12.0. The monoisotopic (exact) mass is 378 g/mol. The molecule has 2 N–H and O–H groups in total. The van der Waals surface area contributed by atoms with Gasteiger partial charge < -0.3 is 20.1 Å². The van der Waals surface area contributed by atoms with Gasteiger partial charge in [-0.05, 0) is 31.9 Å². The first kappa shape index (κ1) is 20.3. The lowest BCUT2D eigenvalue weighted by Gasteiger charge is -2.15. The summed E-state index contributed by atoms with van der Waals surface area (Å²) in [6.45, 7) is 0.602. The number of benzene rings is 1. The molecule has 146 valence electrons. The van der Waals surface area contributed by atoms with Crippen LogP contribution in [-0.2, 0) is 11.3 Å². The molecule has 1 aliphatic rings.